The molecule has 2 aliphatic rings. The molecule has 1 amide bonds. The normalized spacial score (nSPS) is 20.7. The maximum absolute atomic E-state index is 12.6. The first-order valence-corrected chi connectivity index (χ1v) is 10.5. The highest BCUT2D eigenvalue weighted by atomic mass is 16.5. The van der Waals surface area contributed by atoms with E-state index < -0.39 is 0 Å². The minimum Gasteiger partial charge on any atom is -0.494 e. The van der Waals surface area contributed by atoms with E-state index in [1.165, 1.54) is 11.1 Å². The van der Waals surface area contributed by atoms with Crippen molar-refractivity contribution >= 4 is 5.91 Å². The molecule has 1 saturated carbocycles. The smallest absolute Gasteiger partial charge is 0.234 e. The Morgan fingerprint density at radius 1 is 1.14 bits per heavy atom. The van der Waals surface area contributed by atoms with Gasteiger partial charge in [-0.2, -0.15) is 0 Å². The third kappa shape index (κ3) is 4.22. The highest BCUT2D eigenvalue weighted by Crippen LogP contribution is 2.47. The van der Waals surface area contributed by atoms with Gasteiger partial charge in [0.2, 0.25) is 5.91 Å². The van der Waals surface area contributed by atoms with E-state index in [1.54, 1.807) is 0 Å². The van der Waals surface area contributed by atoms with E-state index in [1.807, 2.05) is 25.1 Å². The quantitative estimate of drug-likeness (QED) is 0.753. The largest absolute Gasteiger partial charge is 0.494 e. The van der Waals surface area contributed by atoms with Crippen LogP contribution in [0.3, 0.4) is 0 Å². The number of likely N-dealkylation sites (tertiary alicyclic amines) is 1. The van der Waals surface area contributed by atoms with Gasteiger partial charge in [0.15, 0.2) is 0 Å². The van der Waals surface area contributed by atoms with Crippen LogP contribution in [0.4, 0.5) is 0 Å². The molecule has 2 fully saturated rings. The van der Waals surface area contributed by atoms with Crippen LogP contribution in [-0.4, -0.2) is 37.0 Å². The number of nitrogens with one attached hydrogen (secondary N) is 1. The molecule has 4 rings (SSSR count). The second kappa shape index (κ2) is 8.36. The number of carbonyl (C=O) groups excluding carboxylic acids is 1. The van der Waals surface area contributed by atoms with Crippen LogP contribution in [0, 0.1) is 0 Å². The summed E-state index contributed by atoms with van der Waals surface area (Å²) >= 11 is 0. The number of nitrogens with zero attached hydrogens (tertiary/aromatic N) is 1. The third-order valence-electron chi connectivity index (χ3n) is 6.15. The van der Waals surface area contributed by atoms with Gasteiger partial charge in [-0.25, -0.2) is 0 Å². The molecule has 0 aromatic heterocycles. The number of ether oxygens (including phenoxy) is 1. The Kier molecular flexibility index (Phi) is 5.67. The van der Waals surface area contributed by atoms with E-state index in [0.717, 1.165) is 44.5 Å². The monoisotopic (exact) mass is 378 g/mol. The lowest BCUT2D eigenvalue weighted by Crippen LogP contribution is -2.40. The minimum atomic E-state index is 0.139. The summed E-state index contributed by atoms with van der Waals surface area (Å²) in [5.74, 6) is 1.05. The molecule has 4 nitrogen and oxygen atoms in total. The molecule has 1 saturated heterocycles. The molecular formula is C24H30N2O2. The van der Waals surface area contributed by atoms with E-state index in [-0.39, 0.29) is 11.3 Å². The van der Waals surface area contributed by atoms with Crippen molar-refractivity contribution in [2.24, 2.45) is 0 Å². The maximum Gasteiger partial charge on any atom is 0.234 e. The van der Waals surface area contributed by atoms with Crippen LogP contribution < -0.4 is 10.1 Å². The number of hydrogen-bond donors (Lipinski definition) is 1. The van der Waals surface area contributed by atoms with Gasteiger partial charge in [-0.3, -0.25) is 9.69 Å². The van der Waals surface area contributed by atoms with Crippen LogP contribution in [0.15, 0.2) is 54.6 Å². The lowest BCUT2D eigenvalue weighted by Gasteiger charge is -2.25. The molecule has 1 heterocycles. The summed E-state index contributed by atoms with van der Waals surface area (Å²) in [5.41, 5.74) is 2.79. The lowest BCUT2D eigenvalue weighted by atomic mass is 9.96. The molecule has 2 aromatic rings. The van der Waals surface area contributed by atoms with E-state index in [9.17, 15) is 4.79 Å². The molecule has 0 radical (unpaired) electrons. The highest BCUT2D eigenvalue weighted by molar-refractivity contribution is 5.78. The topological polar surface area (TPSA) is 41.6 Å². The molecule has 1 unspecified atom stereocenters. The van der Waals surface area contributed by atoms with Crippen molar-refractivity contribution in [3.8, 4) is 5.75 Å². The van der Waals surface area contributed by atoms with Gasteiger partial charge < -0.3 is 10.1 Å². The Labute approximate surface area is 167 Å². The first-order valence-electron chi connectivity index (χ1n) is 10.5. The average molecular weight is 379 g/mol. The molecule has 1 N–H and O–H groups in total. The van der Waals surface area contributed by atoms with Gasteiger partial charge in [0, 0.05) is 18.0 Å². The highest BCUT2D eigenvalue weighted by Gasteiger charge is 2.44. The Morgan fingerprint density at radius 3 is 2.57 bits per heavy atom. The molecule has 1 atom stereocenters. The predicted octanol–water partition coefficient (Wildman–Crippen LogP) is 4.07. The fraction of sp³-hybridized carbons (Fsp3) is 0.458. The summed E-state index contributed by atoms with van der Waals surface area (Å²) < 4.78 is 5.54. The van der Waals surface area contributed by atoms with E-state index in [4.69, 9.17) is 4.74 Å². The van der Waals surface area contributed by atoms with Gasteiger partial charge >= 0.3 is 0 Å². The summed E-state index contributed by atoms with van der Waals surface area (Å²) in [6.45, 7) is 4.88. The van der Waals surface area contributed by atoms with Gasteiger partial charge in [-0.05, 0) is 62.4 Å². The van der Waals surface area contributed by atoms with Crippen molar-refractivity contribution < 1.29 is 9.53 Å². The molecule has 0 spiro atoms. The Bertz CT molecular complexity index is 784. The van der Waals surface area contributed by atoms with Gasteiger partial charge in [-0.15, -0.1) is 0 Å². The van der Waals surface area contributed by atoms with Crippen molar-refractivity contribution in [2.75, 3.05) is 26.2 Å². The van der Waals surface area contributed by atoms with Crippen LogP contribution in [0.2, 0.25) is 0 Å². The third-order valence-corrected chi connectivity index (χ3v) is 6.15. The molecule has 2 aromatic carbocycles. The summed E-state index contributed by atoms with van der Waals surface area (Å²) in [4.78, 5) is 15.0. The second-order valence-electron chi connectivity index (χ2n) is 8.05. The molecular weight excluding hydrogens is 348 g/mol. The first-order chi connectivity index (χ1) is 13.7. The minimum absolute atomic E-state index is 0.139. The van der Waals surface area contributed by atoms with Gasteiger partial charge in [0.25, 0.3) is 0 Å². The Hall–Kier alpha value is -2.33. The molecule has 1 aliphatic heterocycles. The number of amides is 1. The second-order valence-corrected chi connectivity index (χ2v) is 8.05. The fourth-order valence-electron chi connectivity index (χ4n) is 4.36. The Morgan fingerprint density at radius 2 is 1.89 bits per heavy atom. The summed E-state index contributed by atoms with van der Waals surface area (Å²) in [5, 5.41) is 3.21. The fourth-order valence-corrected chi connectivity index (χ4v) is 4.36. The van der Waals surface area contributed by atoms with Crippen LogP contribution in [-0.2, 0) is 10.2 Å². The SMILES string of the molecule is CCOc1ccc(C2CCCN2CC(=O)NCC2(c3ccccc3)CC2)cc1. The molecule has 4 heteroatoms. The number of benzene rings is 2. The molecule has 148 valence electrons. The maximum atomic E-state index is 12.6. The zero-order valence-corrected chi connectivity index (χ0v) is 16.7. The predicted molar refractivity (Wildman–Crippen MR) is 112 cm³/mol. The zero-order valence-electron chi connectivity index (χ0n) is 16.7. The van der Waals surface area contributed by atoms with Crippen LogP contribution in [0.1, 0.15) is 49.8 Å². The standard InChI is InChI=1S/C24H30N2O2/c1-2-28-21-12-10-19(11-13-21)22-9-6-16-26(22)17-23(27)25-18-24(14-15-24)20-7-4-3-5-8-20/h3-5,7-8,10-13,22H,2,6,9,14-18H2,1H3,(H,25,27). The lowest BCUT2D eigenvalue weighted by molar-refractivity contribution is -0.122. The van der Waals surface area contributed by atoms with E-state index in [2.05, 4.69) is 46.6 Å². The van der Waals surface area contributed by atoms with Crippen molar-refractivity contribution in [3.05, 3.63) is 65.7 Å². The van der Waals surface area contributed by atoms with Crippen molar-refractivity contribution in [2.45, 2.75) is 44.1 Å². The van der Waals surface area contributed by atoms with E-state index >= 15 is 0 Å². The summed E-state index contributed by atoms with van der Waals surface area (Å²) in [6, 6.07) is 19.3. The number of carbonyl (C=O) groups is 1. The van der Waals surface area contributed by atoms with Crippen molar-refractivity contribution in [1.29, 1.82) is 0 Å². The van der Waals surface area contributed by atoms with Gasteiger partial charge in [-0.1, -0.05) is 42.5 Å². The summed E-state index contributed by atoms with van der Waals surface area (Å²) in [7, 11) is 0. The van der Waals surface area contributed by atoms with Crippen LogP contribution >= 0.6 is 0 Å². The van der Waals surface area contributed by atoms with Gasteiger partial charge in [0.1, 0.15) is 5.75 Å². The number of hydrogen-bond acceptors (Lipinski definition) is 3. The summed E-state index contributed by atoms with van der Waals surface area (Å²) in [6.07, 6.45) is 4.57. The molecule has 28 heavy (non-hydrogen) atoms. The van der Waals surface area contributed by atoms with Crippen molar-refractivity contribution in [1.82, 2.24) is 10.2 Å². The van der Waals surface area contributed by atoms with Crippen molar-refractivity contribution in [3.63, 3.8) is 0 Å². The average Bonchev–Trinajstić information content (AvgIpc) is 3.39. The Balaban J connectivity index is 1.32. The van der Waals surface area contributed by atoms with Crippen LogP contribution in [0.25, 0.3) is 0 Å². The molecule has 1 aliphatic carbocycles. The molecule has 0 bridgehead atoms. The zero-order chi connectivity index (χ0) is 19.4. The van der Waals surface area contributed by atoms with Gasteiger partial charge in [0.05, 0.1) is 13.2 Å². The first kappa shape index (κ1) is 19.0. The van der Waals surface area contributed by atoms with E-state index in [0.29, 0.717) is 19.2 Å². The number of rotatable bonds is 8. The van der Waals surface area contributed by atoms with Crippen LogP contribution in [0.5, 0.6) is 5.75 Å².